The van der Waals surface area contributed by atoms with Crippen LogP contribution >= 0.6 is 0 Å². The highest BCUT2D eigenvalue weighted by molar-refractivity contribution is 5.97. The van der Waals surface area contributed by atoms with Gasteiger partial charge >= 0.3 is 0 Å². The summed E-state index contributed by atoms with van der Waals surface area (Å²) in [6.45, 7) is 1.85. The van der Waals surface area contributed by atoms with E-state index in [2.05, 4.69) is 28.9 Å². The Bertz CT molecular complexity index is 577. The summed E-state index contributed by atoms with van der Waals surface area (Å²) in [6.07, 6.45) is 4.17. The van der Waals surface area contributed by atoms with E-state index in [1.165, 1.54) is 0 Å². The van der Waals surface area contributed by atoms with E-state index in [0.29, 0.717) is 23.4 Å². The monoisotopic (exact) mass is 318 g/mol. The molecule has 2 aliphatic rings. The molecule has 2 fully saturated rings. The molecule has 3 rings (SSSR count). The Balaban J connectivity index is 1.80. The minimum atomic E-state index is -0.413. The van der Waals surface area contributed by atoms with Crippen LogP contribution in [-0.4, -0.2) is 62.2 Å². The number of rotatable bonds is 4. The molecule has 0 aromatic carbocycles. The molecule has 4 atom stereocenters. The van der Waals surface area contributed by atoms with E-state index in [9.17, 15) is 4.79 Å². The molecular formula is C17H26N4O2. The molecular weight excluding hydrogens is 292 g/mol. The van der Waals surface area contributed by atoms with Gasteiger partial charge in [-0.05, 0) is 50.9 Å². The zero-order valence-electron chi connectivity index (χ0n) is 14.1. The van der Waals surface area contributed by atoms with Crippen molar-refractivity contribution >= 4 is 11.7 Å². The summed E-state index contributed by atoms with van der Waals surface area (Å²) in [5, 5.41) is 0. The van der Waals surface area contributed by atoms with E-state index in [1.54, 1.807) is 25.4 Å². The van der Waals surface area contributed by atoms with E-state index in [1.807, 2.05) is 0 Å². The van der Waals surface area contributed by atoms with Crippen LogP contribution in [0.15, 0.2) is 18.3 Å². The van der Waals surface area contributed by atoms with Gasteiger partial charge in [-0.3, -0.25) is 4.79 Å². The van der Waals surface area contributed by atoms with Crippen LogP contribution in [0.25, 0.3) is 0 Å². The van der Waals surface area contributed by atoms with Crippen LogP contribution in [0.5, 0.6) is 0 Å². The second-order valence-corrected chi connectivity index (χ2v) is 6.94. The summed E-state index contributed by atoms with van der Waals surface area (Å²) in [4.78, 5) is 20.6. The highest BCUT2D eigenvalue weighted by Crippen LogP contribution is 2.40. The van der Waals surface area contributed by atoms with E-state index in [4.69, 9.17) is 10.5 Å². The minimum Gasteiger partial charge on any atom is -0.380 e. The Kier molecular flexibility index (Phi) is 4.55. The van der Waals surface area contributed by atoms with Crippen LogP contribution in [0.3, 0.4) is 0 Å². The van der Waals surface area contributed by atoms with Crippen molar-refractivity contribution in [1.29, 1.82) is 0 Å². The van der Waals surface area contributed by atoms with Gasteiger partial charge in [0, 0.05) is 32.4 Å². The van der Waals surface area contributed by atoms with Gasteiger partial charge in [-0.15, -0.1) is 0 Å². The van der Waals surface area contributed by atoms with Gasteiger partial charge in [0.2, 0.25) is 0 Å². The number of aromatic nitrogens is 1. The smallest absolute Gasteiger partial charge is 0.252 e. The molecule has 1 aliphatic heterocycles. The predicted molar refractivity (Wildman–Crippen MR) is 89.5 cm³/mol. The van der Waals surface area contributed by atoms with Crippen LogP contribution in [0, 0.1) is 11.8 Å². The number of nitrogens with two attached hydrogens (primary N) is 1. The fourth-order valence-corrected chi connectivity index (χ4v) is 4.20. The molecule has 2 heterocycles. The van der Waals surface area contributed by atoms with Crippen molar-refractivity contribution in [2.75, 3.05) is 39.2 Å². The third-order valence-corrected chi connectivity index (χ3v) is 5.40. The fraction of sp³-hybridized carbons (Fsp3) is 0.647. The van der Waals surface area contributed by atoms with Crippen LogP contribution in [0.2, 0.25) is 0 Å². The third-order valence-electron chi connectivity index (χ3n) is 5.40. The maximum atomic E-state index is 11.7. The first-order valence-electron chi connectivity index (χ1n) is 8.20. The lowest BCUT2D eigenvalue weighted by molar-refractivity contribution is -0.0209. The van der Waals surface area contributed by atoms with Gasteiger partial charge in [0.25, 0.3) is 5.91 Å². The molecule has 2 N–H and O–H groups in total. The van der Waals surface area contributed by atoms with Crippen molar-refractivity contribution in [3.63, 3.8) is 0 Å². The Morgan fingerprint density at radius 3 is 2.65 bits per heavy atom. The maximum Gasteiger partial charge on any atom is 0.252 e. The largest absolute Gasteiger partial charge is 0.380 e. The molecule has 1 amide bonds. The number of pyridine rings is 1. The predicted octanol–water partition coefficient (Wildman–Crippen LogP) is 0.972. The average Bonchev–Trinajstić information content (AvgIpc) is 2.96. The molecule has 1 aliphatic carbocycles. The van der Waals surface area contributed by atoms with Gasteiger partial charge in [-0.1, -0.05) is 0 Å². The second kappa shape index (κ2) is 6.45. The lowest BCUT2D eigenvalue weighted by Gasteiger charge is -2.40. The fourth-order valence-electron chi connectivity index (χ4n) is 4.20. The molecule has 1 saturated heterocycles. The Labute approximate surface area is 137 Å². The summed E-state index contributed by atoms with van der Waals surface area (Å²) in [5.74, 6) is 1.50. The molecule has 0 radical (unpaired) electrons. The first-order chi connectivity index (χ1) is 11.0. The van der Waals surface area contributed by atoms with Gasteiger partial charge < -0.3 is 20.3 Å². The molecule has 6 heteroatoms. The van der Waals surface area contributed by atoms with Crippen molar-refractivity contribution < 1.29 is 9.53 Å². The summed E-state index contributed by atoms with van der Waals surface area (Å²) >= 11 is 0. The number of fused-ring (bicyclic) bond motifs is 1. The number of carbonyl (C=O) groups excluding carboxylic acids is 1. The third kappa shape index (κ3) is 3.05. The van der Waals surface area contributed by atoms with Gasteiger partial charge in [0.1, 0.15) is 5.82 Å². The van der Waals surface area contributed by atoms with Gasteiger partial charge in [0.15, 0.2) is 0 Å². The lowest BCUT2D eigenvalue weighted by Crippen LogP contribution is -2.47. The summed E-state index contributed by atoms with van der Waals surface area (Å²) < 4.78 is 5.73. The SMILES string of the molecule is CO[C@@H]1C[C@H]2CN(c3ncccc3C(N)=O)C[C@H]2C[C@H]1N(C)C. The molecule has 1 saturated carbocycles. The number of likely N-dealkylation sites (N-methyl/N-ethyl adjacent to an activating group) is 1. The molecule has 0 bridgehead atoms. The number of carbonyl (C=O) groups is 1. The number of primary amides is 1. The van der Waals surface area contributed by atoms with Crippen molar-refractivity contribution in [3.8, 4) is 0 Å². The van der Waals surface area contributed by atoms with Crippen molar-refractivity contribution in [1.82, 2.24) is 9.88 Å². The Morgan fingerprint density at radius 1 is 1.35 bits per heavy atom. The number of anilines is 1. The molecule has 126 valence electrons. The van der Waals surface area contributed by atoms with E-state index in [0.717, 1.165) is 31.7 Å². The van der Waals surface area contributed by atoms with Crippen LogP contribution in [-0.2, 0) is 4.74 Å². The Morgan fingerprint density at radius 2 is 2.04 bits per heavy atom. The highest BCUT2D eigenvalue weighted by Gasteiger charge is 2.43. The summed E-state index contributed by atoms with van der Waals surface area (Å²) in [7, 11) is 6.04. The van der Waals surface area contributed by atoms with Crippen molar-refractivity contribution in [2.24, 2.45) is 17.6 Å². The second-order valence-electron chi connectivity index (χ2n) is 6.94. The topological polar surface area (TPSA) is 71.7 Å². The molecule has 0 unspecified atom stereocenters. The quantitative estimate of drug-likeness (QED) is 0.896. The van der Waals surface area contributed by atoms with Gasteiger partial charge in [-0.25, -0.2) is 4.98 Å². The van der Waals surface area contributed by atoms with E-state index < -0.39 is 5.91 Å². The molecule has 0 spiro atoms. The van der Waals surface area contributed by atoms with Crippen LogP contribution in [0.1, 0.15) is 23.2 Å². The number of amides is 1. The van der Waals surface area contributed by atoms with Crippen LogP contribution in [0.4, 0.5) is 5.82 Å². The van der Waals surface area contributed by atoms with E-state index >= 15 is 0 Å². The highest BCUT2D eigenvalue weighted by atomic mass is 16.5. The van der Waals surface area contributed by atoms with Crippen molar-refractivity contribution in [3.05, 3.63) is 23.9 Å². The zero-order chi connectivity index (χ0) is 16.6. The van der Waals surface area contributed by atoms with Crippen LogP contribution < -0.4 is 10.6 Å². The number of hydrogen-bond acceptors (Lipinski definition) is 5. The molecule has 1 aromatic rings. The maximum absolute atomic E-state index is 11.7. The van der Waals surface area contributed by atoms with Gasteiger partial charge in [-0.2, -0.15) is 0 Å². The van der Waals surface area contributed by atoms with Crippen molar-refractivity contribution in [2.45, 2.75) is 25.0 Å². The molecule has 6 nitrogen and oxygen atoms in total. The first kappa shape index (κ1) is 16.2. The summed E-state index contributed by atoms with van der Waals surface area (Å²) in [6, 6.07) is 3.96. The summed E-state index contributed by atoms with van der Waals surface area (Å²) in [5.41, 5.74) is 6.01. The van der Waals surface area contributed by atoms with E-state index in [-0.39, 0.29) is 6.10 Å². The lowest BCUT2D eigenvalue weighted by atomic mass is 9.77. The zero-order valence-corrected chi connectivity index (χ0v) is 14.1. The Hall–Kier alpha value is -1.66. The minimum absolute atomic E-state index is 0.269. The average molecular weight is 318 g/mol. The number of methoxy groups -OCH3 is 1. The number of ether oxygens (including phenoxy) is 1. The number of nitrogens with zero attached hydrogens (tertiary/aromatic N) is 3. The normalized spacial score (nSPS) is 30.5. The molecule has 23 heavy (non-hydrogen) atoms. The van der Waals surface area contributed by atoms with Gasteiger partial charge in [0.05, 0.1) is 11.7 Å². The molecule has 1 aromatic heterocycles. The number of hydrogen-bond donors (Lipinski definition) is 1. The standard InChI is InChI=1S/C17H26N4O2/c1-20(2)14-7-11-9-21(10-12(11)8-15(14)23-3)17-13(16(18)22)5-4-6-19-17/h4-6,11-12,14-15H,7-10H2,1-3H3,(H2,18,22)/t11-,12+,14-,15-/m1/s1. The first-order valence-corrected chi connectivity index (χ1v) is 8.20.